The van der Waals surface area contributed by atoms with E-state index in [4.69, 9.17) is 16.3 Å². The van der Waals surface area contributed by atoms with E-state index in [2.05, 4.69) is 26.4 Å². The number of likely N-dealkylation sites (N-methyl/N-ethyl adjacent to an activating group) is 1. The van der Waals surface area contributed by atoms with Crippen LogP contribution in [-0.4, -0.2) is 67.0 Å². The van der Waals surface area contributed by atoms with Gasteiger partial charge in [-0.3, -0.25) is 4.79 Å². The molecule has 0 N–H and O–H groups in total. The fraction of sp³-hybridized carbons (Fsp3) is 0.348. The van der Waals surface area contributed by atoms with E-state index < -0.39 is 0 Å². The van der Waals surface area contributed by atoms with Crippen LogP contribution in [0, 0.1) is 0 Å². The van der Waals surface area contributed by atoms with Gasteiger partial charge in [0.1, 0.15) is 11.6 Å². The lowest BCUT2D eigenvalue weighted by molar-refractivity contribution is -0.129. The lowest BCUT2D eigenvalue weighted by Gasteiger charge is -2.36. The molecule has 1 saturated heterocycles. The third kappa shape index (κ3) is 5.49. The molecule has 0 aliphatic carbocycles. The minimum atomic E-state index is 0.108. The Morgan fingerprint density at radius 3 is 2.44 bits per heavy atom. The normalized spacial score (nSPS) is 13.8. The van der Waals surface area contributed by atoms with Crippen molar-refractivity contribution in [3.8, 4) is 5.75 Å². The number of anilines is 2. The van der Waals surface area contributed by atoms with Gasteiger partial charge in [0.05, 0.1) is 13.7 Å². The molecular weight excluding hydrogens is 446 g/mol. The molecule has 1 amide bonds. The third-order valence-electron chi connectivity index (χ3n) is 5.50. The van der Waals surface area contributed by atoms with Gasteiger partial charge >= 0.3 is 0 Å². The highest BCUT2D eigenvalue weighted by Gasteiger charge is 2.23. The number of piperazine rings is 1. The predicted molar refractivity (Wildman–Crippen MR) is 129 cm³/mol. The summed E-state index contributed by atoms with van der Waals surface area (Å²) < 4.78 is 9.67. The molecule has 0 atom stereocenters. The summed E-state index contributed by atoms with van der Waals surface area (Å²) in [6.07, 6.45) is 0.642. The summed E-state index contributed by atoms with van der Waals surface area (Å²) in [6.45, 7) is 3.32. The van der Waals surface area contributed by atoms with Crippen LogP contribution >= 0.6 is 23.1 Å². The Morgan fingerprint density at radius 2 is 1.78 bits per heavy atom. The SMILES string of the molecule is COc1ccc(N2CCN(C(=O)CN(C)c3nc(Cc4ccc(Cl)cc4)ns3)CC2)cc1. The molecule has 4 rings (SSSR count). The van der Waals surface area contributed by atoms with Crippen molar-refractivity contribution >= 4 is 39.9 Å². The van der Waals surface area contributed by atoms with Gasteiger partial charge in [-0.25, -0.2) is 4.98 Å². The van der Waals surface area contributed by atoms with Gasteiger partial charge < -0.3 is 19.4 Å². The van der Waals surface area contributed by atoms with Crippen LogP contribution in [-0.2, 0) is 11.2 Å². The van der Waals surface area contributed by atoms with E-state index in [1.165, 1.54) is 11.5 Å². The van der Waals surface area contributed by atoms with Crippen LogP contribution in [0.5, 0.6) is 5.75 Å². The van der Waals surface area contributed by atoms with Gasteiger partial charge in [0, 0.05) is 61.9 Å². The lowest BCUT2D eigenvalue weighted by atomic mass is 10.1. The summed E-state index contributed by atoms with van der Waals surface area (Å²) in [7, 11) is 3.55. The van der Waals surface area contributed by atoms with Gasteiger partial charge in [0.2, 0.25) is 11.0 Å². The smallest absolute Gasteiger partial charge is 0.242 e. The minimum Gasteiger partial charge on any atom is -0.497 e. The number of halogens is 1. The zero-order chi connectivity index (χ0) is 22.5. The summed E-state index contributed by atoms with van der Waals surface area (Å²) in [4.78, 5) is 23.5. The van der Waals surface area contributed by atoms with Crippen LogP contribution in [0.4, 0.5) is 10.8 Å². The van der Waals surface area contributed by atoms with Crippen molar-refractivity contribution in [3.63, 3.8) is 0 Å². The van der Waals surface area contributed by atoms with Crippen molar-refractivity contribution in [3.05, 3.63) is 64.9 Å². The second-order valence-corrected chi connectivity index (χ2v) is 8.89. The van der Waals surface area contributed by atoms with Gasteiger partial charge in [0.15, 0.2) is 0 Å². The van der Waals surface area contributed by atoms with Crippen molar-refractivity contribution in [1.82, 2.24) is 14.3 Å². The Morgan fingerprint density at radius 1 is 1.09 bits per heavy atom. The molecule has 0 spiro atoms. The number of nitrogens with zero attached hydrogens (tertiary/aromatic N) is 5. The first-order valence-corrected chi connectivity index (χ1v) is 11.6. The first-order valence-electron chi connectivity index (χ1n) is 10.5. The molecule has 7 nitrogen and oxygen atoms in total. The zero-order valence-corrected chi connectivity index (χ0v) is 19.8. The van der Waals surface area contributed by atoms with Crippen LogP contribution in [0.25, 0.3) is 0 Å². The molecule has 3 aromatic rings. The number of methoxy groups -OCH3 is 1. The number of hydrogen-bond donors (Lipinski definition) is 0. The Hall–Kier alpha value is -2.84. The van der Waals surface area contributed by atoms with Crippen molar-refractivity contribution in [2.75, 3.05) is 56.7 Å². The van der Waals surface area contributed by atoms with E-state index in [-0.39, 0.29) is 12.5 Å². The number of carbonyl (C=O) groups excluding carboxylic acids is 1. The molecule has 1 aliphatic rings. The fourth-order valence-electron chi connectivity index (χ4n) is 3.63. The van der Waals surface area contributed by atoms with Crippen molar-refractivity contribution in [1.29, 1.82) is 0 Å². The quantitative estimate of drug-likeness (QED) is 0.525. The van der Waals surface area contributed by atoms with Crippen molar-refractivity contribution in [2.45, 2.75) is 6.42 Å². The molecule has 9 heteroatoms. The summed E-state index contributed by atoms with van der Waals surface area (Å²) >= 11 is 7.26. The third-order valence-corrected chi connectivity index (χ3v) is 6.62. The second kappa shape index (κ2) is 10.2. The summed E-state index contributed by atoms with van der Waals surface area (Å²) in [5, 5.41) is 1.46. The van der Waals surface area contributed by atoms with Crippen molar-refractivity contribution in [2.24, 2.45) is 0 Å². The molecule has 1 aliphatic heterocycles. The predicted octanol–water partition coefficient (Wildman–Crippen LogP) is 3.58. The molecule has 32 heavy (non-hydrogen) atoms. The van der Waals surface area contributed by atoms with Crippen molar-refractivity contribution < 1.29 is 9.53 Å². The van der Waals surface area contributed by atoms with Gasteiger partial charge in [-0.1, -0.05) is 23.7 Å². The number of aromatic nitrogens is 2. The second-order valence-electron chi connectivity index (χ2n) is 7.72. The van der Waals surface area contributed by atoms with E-state index >= 15 is 0 Å². The van der Waals surface area contributed by atoms with Crippen LogP contribution in [0.2, 0.25) is 5.02 Å². The standard InChI is InChI=1S/C23H26ClN5O2S/c1-27(23-25-21(26-32-23)15-17-3-5-18(24)6-4-17)16-22(30)29-13-11-28(12-14-29)19-7-9-20(31-2)10-8-19/h3-10H,11-16H2,1-2H3. The average molecular weight is 472 g/mol. The minimum absolute atomic E-state index is 0.108. The van der Waals surface area contributed by atoms with E-state index in [1.54, 1.807) is 7.11 Å². The first kappa shape index (κ1) is 22.4. The highest BCUT2D eigenvalue weighted by molar-refractivity contribution is 7.09. The van der Waals surface area contributed by atoms with Gasteiger partial charge in [0.25, 0.3) is 0 Å². The largest absolute Gasteiger partial charge is 0.497 e. The fourth-order valence-corrected chi connectivity index (χ4v) is 4.40. The molecule has 0 saturated carbocycles. The molecule has 1 aromatic heterocycles. The molecule has 0 radical (unpaired) electrons. The maximum Gasteiger partial charge on any atom is 0.242 e. The zero-order valence-electron chi connectivity index (χ0n) is 18.2. The Kier molecular flexibility index (Phi) is 7.12. The van der Waals surface area contributed by atoms with Crippen LogP contribution in [0.3, 0.4) is 0 Å². The van der Waals surface area contributed by atoms with E-state index in [0.29, 0.717) is 24.5 Å². The lowest BCUT2D eigenvalue weighted by Crippen LogP contribution is -2.51. The van der Waals surface area contributed by atoms with Gasteiger partial charge in [-0.2, -0.15) is 4.37 Å². The Balaban J connectivity index is 1.27. The number of carbonyl (C=O) groups is 1. The molecule has 0 bridgehead atoms. The molecule has 2 heterocycles. The Labute approximate surface area is 197 Å². The molecule has 1 fully saturated rings. The average Bonchev–Trinajstić information content (AvgIpc) is 3.29. The van der Waals surface area contributed by atoms with Gasteiger partial charge in [-0.05, 0) is 42.0 Å². The van der Waals surface area contributed by atoms with E-state index in [1.807, 2.05) is 53.2 Å². The monoisotopic (exact) mass is 471 g/mol. The topological polar surface area (TPSA) is 61.8 Å². The van der Waals surface area contributed by atoms with Gasteiger partial charge in [-0.15, -0.1) is 0 Å². The summed E-state index contributed by atoms with van der Waals surface area (Å²) in [5.41, 5.74) is 2.25. The molecular formula is C23H26ClN5O2S. The summed E-state index contributed by atoms with van der Waals surface area (Å²) in [6, 6.07) is 15.7. The van der Waals surface area contributed by atoms with Crippen LogP contribution in [0.15, 0.2) is 48.5 Å². The highest BCUT2D eigenvalue weighted by Crippen LogP contribution is 2.22. The Bertz CT molecular complexity index is 1030. The highest BCUT2D eigenvalue weighted by atomic mass is 35.5. The molecule has 2 aromatic carbocycles. The van der Waals surface area contributed by atoms with E-state index in [9.17, 15) is 4.79 Å². The number of ether oxygens (including phenoxy) is 1. The number of amides is 1. The summed E-state index contributed by atoms with van der Waals surface area (Å²) in [5.74, 6) is 1.70. The molecule has 0 unspecified atom stereocenters. The maximum absolute atomic E-state index is 12.8. The van der Waals surface area contributed by atoms with Crippen LogP contribution < -0.4 is 14.5 Å². The molecule has 168 valence electrons. The number of hydrogen-bond acceptors (Lipinski definition) is 7. The van der Waals surface area contributed by atoms with Crippen LogP contribution in [0.1, 0.15) is 11.4 Å². The maximum atomic E-state index is 12.8. The number of benzene rings is 2. The first-order chi connectivity index (χ1) is 15.5. The number of rotatable bonds is 7. The van der Waals surface area contributed by atoms with E-state index in [0.717, 1.165) is 41.0 Å².